The van der Waals surface area contributed by atoms with Crippen LogP contribution >= 0.6 is 0 Å². The van der Waals surface area contributed by atoms with Crippen LogP contribution < -0.4 is 14.8 Å². The molecule has 0 radical (unpaired) electrons. The zero-order valence-electron chi connectivity index (χ0n) is 21.3. The van der Waals surface area contributed by atoms with Crippen molar-refractivity contribution < 1.29 is 28.6 Å². The normalized spacial score (nSPS) is 15.0. The maximum atomic E-state index is 14.8. The fourth-order valence-electron chi connectivity index (χ4n) is 5.80. The van der Waals surface area contributed by atoms with Gasteiger partial charge in [-0.25, -0.2) is 9.18 Å². The summed E-state index contributed by atoms with van der Waals surface area (Å²) in [5.74, 6) is -1.09. The Morgan fingerprint density at radius 3 is 2.43 bits per heavy atom. The fourth-order valence-corrected chi connectivity index (χ4v) is 5.80. The molecule has 2 N–H and O–H groups in total. The van der Waals surface area contributed by atoms with E-state index in [9.17, 15) is 19.1 Å². The van der Waals surface area contributed by atoms with E-state index < -0.39 is 17.7 Å². The average molecular weight is 507 g/mol. The highest BCUT2D eigenvalue weighted by atomic mass is 19.1. The van der Waals surface area contributed by atoms with Crippen LogP contribution in [0.1, 0.15) is 64.1 Å². The third-order valence-corrected chi connectivity index (χ3v) is 7.65. The molecule has 3 aromatic rings. The Labute approximate surface area is 215 Å². The van der Waals surface area contributed by atoms with Gasteiger partial charge in [0.25, 0.3) is 5.91 Å². The van der Waals surface area contributed by atoms with Crippen molar-refractivity contribution in [3.63, 3.8) is 0 Å². The lowest BCUT2D eigenvalue weighted by molar-refractivity contribution is 0.0698. The number of carboxylic acids is 1. The van der Waals surface area contributed by atoms with Gasteiger partial charge in [-0.2, -0.15) is 0 Å². The Kier molecular flexibility index (Phi) is 6.67. The minimum atomic E-state index is -1.09. The Morgan fingerprint density at radius 1 is 1.05 bits per heavy atom. The molecular formula is C29H31FN2O5. The van der Waals surface area contributed by atoms with Gasteiger partial charge in [0.15, 0.2) is 11.5 Å². The van der Waals surface area contributed by atoms with E-state index >= 15 is 0 Å². The number of ether oxygens (including phenoxy) is 2. The van der Waals surface area contributed by atoms with Crippen LogP contribution in [0.4, 0.5) is 4.39 Å². The van der Waals surface area contributed by atoms with E-state index in [1.807, 2.05) is 23.6 Å². The van der Waals surface area contributed by atoms with Crippen molar-refractivity contribution in [3.8, 4) is 33.9 Å². The second-order valence-electron chi connectivity index (χ2n) is 9.76. The van der Waals surface area contributed by atoms with Crippen molar-refractivity contribution in [2.24, 2.45) is 0 Å². The number of hydrogen-bond acceptors (Lipinski definition) is 4. The van der Waals surface area contributed by atoms with Crippen LogP contribution in [0.3, 0.4) is 0 Å². The summed E-state index contributed by atoms with van der Waals surface area (Å²) < 4.78 is 27.7. The van der Waals surface area contributed by atoms with Crippen molar-refractivity contribution in [2.45, 2.75) is 58.0 Å². The number of benzene rings is 2. The smallest absolute Gasteiger partial charge is 0.338 e. The molecule has 0 atom stereocenters. The number of fused-ring (bicyclic) bond motifs is 3. The number of aryl methyl sites for hydroxylation is 1. The maximum absolute atomic E-state index is 14.8. The van der Waals surface area contributed by atoms with Crippen LogP contribution in [0.2, 0.25) is 0 Å². The van der Waals surface area contributed by atoms with Crippen LogP contribution in [-0.4, -0.2) is 41.8 Å². The molecular weight excluding hydrogens is 475 g/mol. The van der Waals surface area contributed by atoms with Crippen molar-refractivity contribution >= 4 is 11.9 Å². The van der Waals surface area contributed by atoms with Crippen LogP contribution in [0.25, 0.3) is 22.4 Å². The van der Waals surface area contributed by atoms with Gasteiger partial charge in [-0.15, -0.1) is 0 Å². The van der Waals surface area contributed by atoms with Gasteiger partial charge in [0.05, 0.1) is 31.0 Å². The molecule has 0 spiro atoms. The average Bonchev–Trinajstić information content (AvgIpc) is 3.21. The quantitative estimate of drug-likeness (QED) is 0.454. The highest BCUT2D eigenvalue weighted by Gasteiger charge is 2.32. The second kappa shape index (κ2) is 9.92. The number of hydrogen-bond donors (Lipinski definition) is 2. The molecule has 1 amide bonds. The van der Waals surface area contributed by atoms with E-state index in [1.54, 1.807) is 20.3 Å². The summed E-state index contributed by atoms with van der Waals surface area (Å²) in [5.41, 5.74) is 4.06. The van der Waals surface area contributed by atoms with Crippen molar-refractivity contribution in [1.29, 1.82) is 0 Å². The Balaban J connectivity index is 1.63. The molecule has 0 unspecified atom stereocenters. The predicted molar refractivity (Wildman–Crippen MR) is 138 cm³/mol. The lowest BCUT2D eigenvalue weighted by atomic mass is 9.92. The number of methoxy groups -OCH3 is 2. The molecule has 8 heteroatoms. The molecule has 1 fully saturated rings. The molecule has 194 valence electrons. The molecule has 7 nitrogen and oxygen atoms in total. The summed E-state index contributed by atoms with van der Waals surface area (Å²) in [6.07, 6.45) is 5.69. The van der Waals surface area contributed by atoms with E-state index in [0.717, 1.165) is 48.9 Å². The zero-order chi connectivity index (χ0) is 26.3. The van der Waals surface area contributed by atoms with Crippen LogP contribution in [0.15, 0.2) is 30.3 Å². The van der Waals surface area contributed by atoms with Gasteiger partial charge >= 0.3 is 5.97 Å². The van der Waals surface area contributed by atoms with Crippen molar-refractivity contribution in [3.05, 3.63) is 58.5 Å². The number of carbonyl (C=O) groups is 2. The van der Waals surface area contributed by atoms with E-state index in [1.165, 1.54) is 12.1 Å². The van der Waals surface area contributed by atoms with Crippen LogP contribution in [0, 0.1) is 12.7 Å². The molecule has 37 heavy (non-hydrogen) atoms. The number of nitrogens with zero attached hydrogens (tertiary/aromatic N) is 1. The monoisotopic (exact) mass is 506 g/mol. The number of aromatic nitrogens is 1. The van der Waals surface area contributed by atoms with Gasteiger partial charge in [0.1, 0.15) is 5.82 Å². The Hall–Kier alpha value is -3.81. The van der Waals surface area contributed by atoms with Gasteiger partial charge in [-0.1, -0.05) is 25.3 Å². The van der Waals surface area contributed by atoms with Crippen LogP contribution in [-0.2, 0) is 13.0 Å². The minimum absolute atomic E-state index is 0.0332. The van der Waals surface area contributed by atoms with Gasteiger partial charge in [0, 0.05) is 29.4 Å². The fraction of sp³-hybridized carbons (Fsp3) is 0.379. The van der Waals surface area contributed by atoms with Crippen molar-refractivity contribution in [2.75, 3.05) is 14.2 Å². The zero-order valence-corrected chi connectivity index (χ0v) is 21.3. The summed E-state index contributed by atoms with van der Waals surface area (Å²) in [4.78, 5) is 25.7. The van der Waals surface area contributed by atoms with Gasteiger partial charge in [-0.3, -0.25) is 4.79 Å². The highest BCUT2D eigenvalue weighted by Crippen LogP contribution is 2.45. The van der Waals surface area contributed by atoms with E-state index in [2.05, 4.69) is 5.32 Å². The number of amides is 1. The number of carboxylic acid groups (broad SMARTS) is 1. The van der Waals surface area contributed by atoms with Crippen LogP contribution in [0.5, 0.6) is 11.5 Å². The molecule has 2 heterocycles. The van der Waals surface area contributed by atoms with Gasteiger partial charge < -0.3 is 24.5 Å². The predicted octanol–water partition coefficient (Wildman–Crippen LogP) is 5.60. The molecule has 1 saturated carbocycles. The second-order valence-corrected chi connectivity index (χ2v) is 9.76. The summed E-state index contributed by atoms with van der Waals surface area (Å²) >= 11 is 0. The Morgan fingerprint density at radius 2 is 1.76 bits per heavy atom. The summed E-state index contributed by atoms with van der Waals surface area (Å²) in [7, 11) is 3.11. The van der Waals surface area contributed by atoms with Crippen molar-refractivity contribution in [1.82, 2.24) is 9.88 Å². The molecule has 5 rings (SSSR count). The lowest BCUT2D eigenvalue weighted by Crippen LogP contribution is -2.36. The first kappa shape index (κ1) is 24.9. The third-order valence-electron chi connectivity index (χ3n) is 7.65. The number of rotatable bonds is 6. The maximum Gasteiger partial charge on any atom is 0.338 e. The first-order valence-electron chi connectivity index (χ1n) is 12.7. The number of halogens is 1. The molecule has 0 saturated heterocycles. The summed E-state index contributed by atoms with van der Waals surface area (Å²) in [5, 5.41) is 13.3. The number of aromatic carboxylic acids is 1. The third kappa shape index (κ3) is 4.34. The molecule has 2 aromatic carbocycles. The van der Waals surface area contributed by atoms with E-state index in [0.29, 0.717) is 41.3 Å². The lowest BCUT2D eigenvalue weighted by Gasteiger charge is -2.23. The van der Waals surface area contributed by atoms with E-state index in [-0.39, 0.29) is 17.2 Å². The molecule has 0 bridgehead atoms. The van der Waals surface area contributed by atoms with E-state index in [4.69, 9.17) is 9.47 Å². The molecule has 1 aromatic heterocycles. The number of carbonyl (C=O) groups excluding carboxylic acids is 1. The summed E-state index contributed by atoms with van der Waals surface area (Å²) in [6.45, 7) is 2.45. The standard InChI is InChI=1S/C29H31FN2O5/c1-16-25(18-9-10-22(30)21(13-18)28(33)31-19-7-5-4-6-8-19)26(29(34)35)27-20-15-24(37-3)23(36-2)14-17(20)11-12-32(16)27/h9-10,13-15,19H,4-8,11-12H2,1-3H3,(H,31,33)(H,34,35). The SMILES string of the molecule is COc1cc2c(cc1OC)-c1c(C(=O)O)c(-c3ccc(F)c(C(=O)NC4CCCCC4)c3)c(C)n1CC2. The number of nitrogens with one attached hydrogen (secondary N) is 1. The summed E-state index contributed by atoms with van der Waals surface area (Å²) in [6, 6.07) is 7.99. The van der Waals surface area contributed by atoms with Gasteiger partial charge in [-0.05, 0) is 61.6 Å². The first-order chi connectivity index (χ1) is 17.8. The van der Waals surface area contributed by atoms with Gasteiger partial charge in [0.2, 0.25) is 0 Å². The topological polar surface area (TPSA) is 89.8 Å². The first-order valence-corrected chi connectivity index (χ1v) is 12.7. The molecule has 2 aliphatic rings. The highest BCUT2D eigenvalue weighted by molar-refractivity contribution is 6.05. The largest absolute Gasteiger partial charge is 0.493 e. The Bertz CT molecular complexity index is 1390. The molecule has 1 aliphatic carbocycles. The molecule has 1 aliphatic heterocycles. The minimum Gasteiger partial charge on any atom is -0.493 e.